The van der Waals surface area contributed by atoms with Crippen LogP contribution in [0.2, 0.25) is 0 Å². The summed E-state index contributed by atoms with van der Waals surface area (Å²) in [7, 11) is 0. The van der Waals surface area contributed by atoms with Gasteiger partial charge in [0, 0.05) is 11.8 Å². The molecule has 2 aromatic rings. The molecule has 2 N–H and O–H groups in total. The van der Waals surface area contributed by atoms with Gasteiger partial charge >= 0.3 is 0 Å². The molecule has 0 amide bonds. The maximum Gasteiger partial charge on any atom is 0.201 e. The first kappa shape index (κ1) is 11.3. The quantitative estimate of drug-likeness (QED) is 0.895. The van der Waals surface area contributed by atoms with Crippen LogP contribution in [0.4, 0.5) is 10.3 Å². The number of fused-ring (bicyclic) bond motifs is 1. The molecule has 2 rings (SSSR count). The van der Waals surface area contributed by atoms with E-state index in [1.807, 2.05) is 16.9 Å². The average molecular weight is 239 g/mol. The standard InChI is InChI=1S/C11H14FN3S/c1-7(6-16-2)15-9-5-3-4-8(12)10(9)14-11(15)13/h3-5,7H,6H2,1-2H3,(H2,13,14). The van der Waals surface area contributed by atoms with Crippen LogP contribution in [0.15, 0.2) is 18.2 Å². The summed E-state index contributed by atoms with van der Waals surface area (Å²) in [5.74, 6) is 0.979. The fourth-order valence-electron chi connectivity index (χ4n) is 1.88. The topological polar surface area (TPSA) is 43.8 Å². The highest BCUT2D eigenvalue weighted by molar-refractivity contribution is 7.98. The third kappa shape index (κ3) is 1.75. The number of anilines is 1. The number of hydrogen-bond donors (Lipinski definition) is 1. The smallest absolute Gasteiger partial charge is 0.201 e. The van der Waals surface area contributed by atoms with Gasteiger partial charge in [-0.1, -0.05) is 6.07 Å². The van der Waals surface area contributed by atoms with Crippen molar-refractivity contribution in [2.24, 2.45) is 0 Å². The second kappa shape index (κ2) is 4.33. The Morgan fingerprint density at radius 2 is 2.31 bits per heavy atom. The summed E-state index contributed by atoms with van der Waals surface area (Å²) >= 11 is 1.73. The molecule has 0 radical (unpaired) electrons. The molecule has 0 aliphatic rings. The van der Waals surface area contributed by atoms with Crippen molar-refractivity contribution in [2.45, 2.75) is 13.0 Å². The van der Waals surface area contributed by atoms with Crippen LogP contribution >= 0.6 is 11.8 Å². The van der Waals surface area contributed by atoms with Gasteiger partial charge in [-0.05, 0) is 25.3 Å². The van der Waals surface area contributed by atoms with Crippen LogP contribution in [0.25, 0.3) is 11.0 Å². The summed E-state index contributed by atoms with van der Waals surface area (Å²) in [5, 5.41) is 0. The summed E-state index contributed by atoms with van der Waals surface area (Å²) in [6.07, 6.45) is 2.03. The second-order valence-corrected chi connectivity index (χ2v) is 4.66. The zero-order valence-corrected chi connectivity index (χ0v) is 10.1. The summed E-state index contributed by atoms with van der Waals surface area (Å²) in [4.78, 5) is 4.07. The van der Waals surface area contributed by atoms with Crippen LogP contribution in [0, 0.1) is 5.82 Å². The molecular weight excluding hydrogens is 225 g/mol. The highest BCUT2D eigenvalue weighted by Gasteiger charge is 2.15. The molecule has 0 saturated carbocycles. The van der Waals surface area contributed by atoms with Crippen molar-refractivity contribution >= 4 is 28.7 Å². The van der Waals surface area contributed by atoms with E-state index in [0.717, 1.165) is 11.3 Å². The molecule has 5 heteroatoms. The Labute approximate surface area is 97.8 Å². The maximum atomic E-state index is 13.5. The molecule has 0 aliphatic carbocycles. The van der Waals surface area contributed by atoms with Gasteiger partial charge in [-0.2, -0.15) is 11.8 Å². The zero-order chi connectivity index (χ0) is 11.7. The van der Waals surface area contributed by atoms with Gasteiger partial charge in [-0.15, -0.1) is 0 Å². The van der Waals surface area contributed by atoms with E-state index in [1.54, 1.807) is 17.8 Å². The van der Waals surface area contributed by atoms with Crippen LogP contribution in [-0.2, 0) is 0 Å². The first-order chi connectivity index (χ1) is 7.65. The van der Waals surface area contributed by atoms with E-state index in [-0.39, 0.29) is 11.9 Å². The fourth-order valence-corrected chi connectivity index (χ4v) is 2.51. The zero-order valence-electron chi connectivity index (χ0n) is 9.27. The molecule has 1 heterocycles. The first-order valence-electron chi connectivity index (χ1n) is 5.06. The Bertz CT molecular complexity index is 509. The minimum Gasteiger partial charge on any atom is -0.369 e. The summed E-state index contributed by atoms with van der Waals surface area (Å²) in [6.45, 7) is 2.05. The minimum atomic E-state index is -0.320. The number of aromatic nitrogens is 2. The first-order valence-corrected chi connectivity index (χ1v) is 6.45. The van der Waals surface area contributed by atoms with Crippen LogP contribution < -0.4 is 5.73 Å². The number of nitrogens with zero attached hydrogens (tertiary/aromatic N) is 2. The summed E-state index contributed by atoms with van der Waals surface area (Å²) in [5.41, 5.74) is 6.95. The summed E-state index contributed by atoms with van der Waals surface area (Å²) in [6, 6.07) is 5.14. The number of para-hydroxylation sites is 1. The number of hydrogen-bond acceptors (Lipinski definition) is 3. The second-order valence-electron chi connectivity index (χ2n) is 3.75. The highest BCUT2D eigenvalue weighted by Crippen LogP contribution is 2.25. The lowest BCUT2D eigenvalue weighted by atomic mass is 10.3. The van der Waals surface area contributed by atoms with E-state index in [1.165, 1.54) is 6.07 Å². The number of nitrogens with two attached hydrogens (primary N) is 1. The third-order valence-corrected chi connectivity index (χ3v) is 3.36. The fraction of sp³-hybridized carbons (Fsp3) is 0.364. The molecule has 0 aliphatic heterocycles. The Kier molecular flexibility index (Phi) is 3.05. The van der Waals surface area contributed by atoms with Gasteiger partial charge in [0.05, 0.1) is 5.52 Å². The van der Waals surface area contributed by atoms with Crippen molar-refractivity contribution < 1.29 is 4.39 Å². The van der Waals surface area contributed by atoms with Gasteiger partial charge < -0.3 is 10.3 Å². The van der Waals surface area contributed by atoms with Crippen molar-refractivity contribution in [1.29, 1.82) is 0 Å². The van der Waals surface area contributed by atoms with Crippen molar-refractivity contribution in [3.05, 3.63) is 24.0 Å². The van der Waals surface area contributed by atoms with Gasteiger partial charge in [0.2, 0.25) is 5.95 Å². The van der Waals surface area contributed by atoms with Crippen LogP contribution in [0.3, 0.4) is 0 Å². The third-order valence-electron chi connectivity index (χ3n) is 2.55. The number of imidazole rings is 1. The summed E-state index contributed by atoms with van der Waals surface area (Å²) < 4.78 is 15.4. The van der Waals surface area contributed by atoms with Crippen LogP contribution in [-0.4, -0.2) is 21.6 Å². The Hall–Kier alpha value is -1.23. The van der Waals surface area contributed by atoms with Gasteiger partial charge in [0.15, 0.2) is 5.82 Å². The number of benzene rings is 1. The van der Waals surface area contributed by atoms with Gasteiger partial charge in [0.1, 0.15) is 5.52 Å². The average Bonchev–Trinajstić information content (AvgIpc) is 2.56. The van der Waals surface area contributed by atoms with Gasteiger partial charge in [-0.25, -0.2) is 9.37 Å². The lowest BCUT2D eigenvalue weighted by Crippen LogP contribution is -2.10. The molecule has 16 heavy (non-hydrogen) atoms. The number of rotatable bonds is 3. The molecule has 86 valence electrons. The van der Waals surface area contributed by atoms with Gasteiger partial charge in [-0.3, -0.25) is 0 Å². The van der Waals surface area contributed by atoms with Crippen molar-refractivity contribution in [1.82, 2.24) is 9.55 Å². The van der Waals surface area contributed by atoms with E-state index in [2.05, 4.69) is 11.9 Å². The molecule has 0 bridgehead atoms. The molecule has 0 saturated heterocycles. The lowest BCUT2D eigenvalue weighted by molar-refractivity contribution is 0.632. The Morgan fingerprint density at radius 3 is 3.00 bits per heavy atom. The van der Waals surface area contributed by atoms with E-state index >= 15 is 0 Å². The molecular formula is C11H14FN3S. The predicted octanol–water partition coefficient (Wildman–Crippen LogP) is 2.68. The highest BCUT2D eigenvalue weighted by atomic mass is 32.2. The minimum absolute atomic E-state index is 0.210. The van der Waals surface area contributed by atoms with Crippen molar-refractivity contribution in [3.8, 4) is 0 Å². The predicted molar refractivity (Wildman–Crippen MR) is 67.2 cm³/mol. The molecule has 1 atom stereocenters. The van der Waals surface area contributed by atoms with Crippen molar-refractivity contribution in [3.63, 3.8) is 0 Å². The molecule has 1 aromatic carbocycles. The molecule has 1 unspecified atom stereocenters. The number of thioether (sulfide) groups is 1. The lowest BCUT2D eigenvalue weighted by Gasteiger charge is -2.14. The van der Waals surface area contributed by atoms with Crippen LogP contribution in [0.1, 0.15) is 13.0 Å². The molecule has 0 fully saturated rings. The number of halogens is 1. The molecule has 1 aromatic heterocycles. The number of nitrogen functional groups attached to an aromatic ring is 1. The van der Waals surface area contributed by atoms with Crippen LogP contribution in [0.5, 0.6) is 0 Å². The van der Waals surface area contributed by atoms with E-state index in [4.69, 9.17) is 5.73 Å². The normalized spacial score (nSPS) is 13.2. The Balaban J connectivity index is 2.60. The van der Waals surface area contributed by atoms with Gasteiger partial charge in [0.25, 0.3) is 0 Å². The molecule has 0 spiro atoms. The Morgan fingerprint density at radius 1 is 1.56 bits per heavy atom. The largest absolute Gasteiger partial charge is 0.369 e. The van der Waals surface area contributed by atoms with E-state index < -0.39 is 0 Å². The monoisotopic (exact) mass is 239 g/mol. The maximum absolute atomic E-state index is 13.5. The van der Waals surface area contributed by atoms with E-state index in [0.29, 0.717) is 11.5 Å². The molecule has 3 nitrogen and oxygen atoms in total. The SMILES string of the molecule is CSCC(C)n1c(N)nc2c(F)cccc21. The van der Waals surface area contributed by atoms with E-state index in [9.17, 15) is 4.39 Å². The van der Waals surface area contributed by atoms with Crippen molar-refractivity contribution in [2.75, 3.05) is 17.7 Å².